The van der Waals surface area contributed by atoms with Gasteiger partial charge in [-0.25, -0.2) is 9.97 Å². The van der Waals surface area contributed by atoms with Crippen LogP contribution >= 0.6 is 0 Å². The van der Waals surface area contributed by atoms with Crippen molar-refractivity contribution in [1.82, 2.24) is 19.7 Å². The van der Waals surface area contributed by atoms with E-state index in [1.807, 2.05) is 6.07 Å². The zero-order chi connectivity index (χ0) is 25.9. The summed E-state index contributed by atoms with van der Waals surface area (Å²) < 4.78 is 66.1. The molecule has 0 spiro atoms. The van der Waals surface area contributed by atoms with E-state index >= 15 is 0 Å². The van der Waals surface area contributed by atoms with E-state index in [0.717, 1.165) is 4.68 Å². The molecule has 1 aliphatic heterocycles. The molecule has 0 radical (unpaired) electrons. The van der Waals surface area contributed by atoms with E-state index in [-0.39, 0.29) is 29.1 Å². The first kappa shape index (κ1) is 23.6. The second-order valence-corrected chi connectivity index (χ2v) is 8.64. The first-order valence-electron chi connectivity index (χ1n) is 10.9. The molecule has 0 fully saturated rings. The van der Waals surface area contributed by atoms with Crippen LogP contribution in [0.2, 0.25) is 0 Å². The highest BCUT2D eigenvalue weighted by Gasteiger charge is 2.56. The number of hydrogen-bond acceptors (Lipinski definition) is 5. The normalized spacial score (nSPS) is 17.9. The van der Waals surface area contributed by atoms with Gasteiger partial charge in [0, 0.05) is 18.4 Å². The average Bonchev–Trinajstić information content (AvgIpc) is 3.33. The van der Waals surface area contributed by atoms with E-state index in [2.05, 4.69) is 20.4 Å². The topological polar surface area (TPSA) is 98.7 Å². The largest absolute Gasteiger partial charge is 0.453 e. The number of halogens is 5. The Labute approximate surface area is 201 Å². The SMILES string of the molecule is CC1(c2ccccc2)C(=O)Nc2nc(-c3nn(CCC(F)(F)C(F)(F)F)c4ccccc34)nc(N)c21. The molecule has 1 atom stereocenters. The summed E-state index contributed by atoms with van der Waals surface area (Å²) in [4.78, 5) is 21.8. The van der Waals surface area contributed by atoms with Gasteiger partial charge < -0.3 is 11.1 Å². The van der Waals surface area contributed by atoms with E-state index in [0.29, 0.717) is 22.0 Å². The monoisotopic (exact) mass is 502 g/mol. The van der Waals surface area contributed by atoms with Gasteiger partial charge in [0.25, 0.3) is 0 Å². The number of aromatic nitrogens is 4. The Morgan fingerprint density at radius 3 is 2.36 bits per heavy atom. The van der Waals surface area contributed by atoms with Gasteiger partial charge in [0.05, 0.1) is 11.1 Å². The molecular formula is C24H19F5N6O. The predicted molar refractivity (Wildman–Crippen MR) is 122 cm³/mol. The van der Waals surface area contributed by atoms with E-state index in [9.17, 15) is 26.7 Å². The molecule has 2 aromatic heterocycles. The summed E-state index contributed by atoms with van der Waals surface area (Å²) in [6.07, 6.45) is -7.15. The molecule has 1 aliphatic rings. The fourth-order valence-electron chi connectivity index (χ4n) is 4.41. The molecule has 3 N–H and O–H groups in total. The highest BCUT2D eigenvalue weighted by Crippen LogP contribution is 2.45. The molecule has 4 aromatic rings. The number of para-hydroxylation sites is 1. The quantitative estimate of drug-likeness (QED) is 0.378. The summed E-state index contributed by atoms with van der Waals surface area (Å²) in [7, 11) is 0. The van der Waals surface area contributed by atoms with Gasteiger partial charge in [0.1, 0.15) is 22.7 Å². The van der Waals surface area contributed by atoms with Crippen molar-refractivity contribution in [1.29, 1.82) is 0 Å². The van der Waals surface area contributed by atoms with Crippen LogP contribution in [0.5, 0.6) is 0 Å². The second-order valence-electron chi connectivity index (χ2n) is 8.64. The lowest BCUT2D eigenvalue weighted by atomic mass is 9.78. The fraction of sp³-hybridized carbons (Fsp3) is 0.250. The Morgan fingerprint density at radius 2 is 1.67 bits per heavy atom. The van der Waals surface area contributed by atoms with Crippen LogP contribution < -0.4 is 11.1 Å². The number of anilines is 2. The Kier molecular flexibility index (Phi) is 5.23. The summed E-state index contributed by atoms with van der Waals surface area (Å²) in [5.74, 6) is -5.04. The first-order chi connectivity index (χ1) is 16.9. The molecule has 1 unspecified atom stereocenters. The maximum Gasteiger partial charge on any atom is 0.453 e. The average molecular weight is 502 g/mol. The zero-order valence-corrected chi connectivity index (χ0v) is 18.8. The van der Waals surface area contributed by atoms with Crippen LogP contribution in [0.1, 0.15) is 24.5 Å². The number of carbonyl (C=O) groups excluding carboxylic acids is 1. The third kappa shape index (κ3) is 3.55. The molecule has 2 aromatic carbocycles. The van der Waals surface area contributed by atoms with Crippen molar-refractivity contribution in [2.45, 2.75) is 37.4 Å². The van der Waals surface area contributed by atoms with Crippen molar-refractivity contribution < 1.29 is 26.7 Å². The molecule has 186 valence electrons. The maximum absolute atomic E-state index is 13.6. The van der Waals surface area contributed by atoms with E-state index < -0.39 is 30.5 Å². The lowest BCUT2D eigenvalue weighted by Crippen LogP contribution is -2.37. The summed E-state index contributed by atoms with van der Waals surface area (Å²) in [5, 5.41) is 7.41. The van der Waals surface area contributed by atoms with Gasteiger partial charge in [-0.2, -0.15) is 27.1 Å². The Morgan fingerprint density at radius 1 is 1.00 bits per heavy atom. The highest BCUT2D eigenvalue weighted by atomic mass is 19.4. The van der Waals surface area contributed by atoms with Gasteiger partial charge in [0.2, 0.25) is 5.91 Å². The van der Waals surface area contributed by atoms with E-state index in [1.54, 1.807) is 55.5 Å². The number of nitrogens with one attached hydrogen (secondary N) is 1. The van der Waals surface area contributed by atoms with Crippen molar-refractivity contribution in [3.05, 3.63) is 65.7 Å². The Balaban J connectivity index is 1.58. The standard InChI is InChI=1S/C24H19F5N6O/c1-22(13-7-3-2-4-8-13)16-18(30)31-20(32-19(16)33-21(22)36)17-14-9-5-6-10-15(14)35(34-17)12-11-23(25,26)24(27,28)29/h2-10H,11-12H2,1H3,(H3,30,31,32,33,36). The minimum absolute atomic E-state index is 0.00129. The zero-order valence-electron chi connectivity index (χ0n) is 18.8. The number of nitrogens with zero attached hydrogens (tertiary/aromatic N) is 4. The van der Waals surface area contributed by atoms with E-state index in [1.165, 1.54) is 0 Å². The number of nitrogens with two attached hydrogens (primary N) is 1. The number of nitrogen functional groups attached to an aromatic ring is 1. The lowest BCUT2D eigenvalue weighted by molar-refractivity contribution is -0.285. The molecule has 12 heteroatoms. The van der Waals surface area contributed by atoms with Gasteiger partial charge in [-0.05, 0) is 18.6 Å². The van der Waals surface area contributed by atoms with Crippen LogP contribution in [0.25, 0.3) is 22.4 Å². The number of rotatable bonds is 5. The Hall–Kier alpha value is -4.09. The van der Waals surface area contributed by atoms with Gasteiger partial charge in [0.15, 0.2) is 5.82 Å². The highest BCUT2D eigenvalue weighted by molar-refractivity contribution is 6.09. The van der Waals surface area contributed by atoms with Crippen LogP contribution in [-0.4, -0.2) is 37.8 Å². The number of aryl methyl sites for hydroxylation is 1. The van der Waals surface area contributed by atoms with Crippen molar-refractivity contribution in [2.75, 3.05) is 11.1 Å². The fourth-order valence-corrected chi connectivity index (χ4v) is 4.41. The third-order valence-electron chi connectivity index (χ3n) is 6.40. The molecule has 1 amide bonds. The molecule has 0 saturated carbocycles. The van der Waals surface area contributed by atoms with Crippen LogP contribution in [0.3, 0.4) is 0 Å². The van der Waals surface area contributed by atoms with Gasteiger partial charge in [-0.1, -0.05) is 48.5 Å². The first-order valence-corrected chi connectivity index (χ1v) is 10.9. The van der Waals surface area contributed by atoms with Crippen LogP contribution in [0.4, 0.5) is 33.6 Å². The Bertz CT molecular complexity index is 1480. The van der Waals surface area contributed by atoms with Crippen LogP contribution in [0.15, 0.2) is 54.6 Å². The molecule has 0 saturated heterocycles. The smallest absolute Gasteiger partial charge is 0.383 e. The molecular weight excluding hydrogens is 483 g/mol. The molecule has 0 aliphatic carbocycles. The van der Waals surface area contributed by atoms with Gasteiger partial charge in [-0.15, -0.1) is 0 Å². The van der Waals surface area contributed by atoms with Crippen molar-refractivity contribution in [3.63, 3.8) is 0 Å². The second kappa shape index (κ2) is 7.97. The molecule has 7 nitrogen and oxygen atoms in total. The van der Waals surface area contributed by atoms with Crippen molar-refractivity contribution in [2.24, 2.45) is 0 Å². The van der Waals surface area contributed by atoms with Crippen molar-refractivity contribution >= 4 is 28.4 Å². The predicted octanol–water partition coefficient (Wildman–Crippen LogP) is 4.92. The van der Waals surface area contributed by atoms with Crippen LogP contribution in [-0.2, 0) is 16.8 Å². The number of alkyl halides is 5. The number of hydrogen-bond donors (Lipinski definition) is 2. The summed E-state index contributed by atoms with van der Waals surface area (Å²) in [6, 6.07) is 15.4. The van der Waals surface area contributed by atoms with Crippen LogP contribution in [0, 0.1) is 0 Å². The number of carbonyl (C=O) groups is 1. The number of fused-ring (bicyclic) bond motifs is 2. The van der Waals surface area contributed by atoms with Gasteiger partial charge in [-0.3, -0.25) is 9.48 Å². The number of benzene rings is 2. The maximum atomic E-state index is 13.6. The molecule has 5 rings (SSSR count). The molecule has 0 bridgehead atoms. The minimum atomic E-state index is -5.67. The van der Waals surface area contributed by atoms with Crippen molar-refractivity contribution in [3.8, 4) is 11.5 Å². The summed E-state index contributed by atoms with van der Waals surface area (Å²) >= 11 is 0. The minimum Gasteiger partial charge on any atom is -0.383 e. The third-order valence-corrected chi connectivity index (χ3v) is 6.40. The molecule has 36 heavy (non-hydrogen) atoms. The summed E-state index contributed by atoms with van der Waals surface area (Å²) in [5.41, 5.74) is 6.68. The number of amides is 1. The summed E-state index contributed by atoms with van der Waals surface area (Å²) in [6.45, 7) is 1.00. The lowest BCUT2D eigenvalue weighted by Gasteiger charge is -2.23. The van der Waals surface area contributed by atoms with E-state index in [4.69, 9.17) is 5.73 Å². The molecule has 3 heterocycles. The van der Waals surface area contributed by atoms with Gasteiger partial charge >= 0.3 is 12.1 Å².